The van der Waals surface area contributed by atoms with Gasteiger partial charge in [-0.2, -0.15) is 4.98 Å². The van der Waals surface area contributed by atoms with Crippen molar-refractivity contribution < 1.29 is 14.0 Å². The zero-order chi connectivity index (χ0) is 12.3. The molecule has 2 rings (SSSR count). The number of hydrogen-bond donors (Lipinski definition) is 0. The summed E-state index contributed by atoms with van der Waals surface area (Å²) in [5, 5.41) is 3.87. The van der Waals surface area contributed by atoms with Gasteiger partial charge in [0.15, 0.2) is 0 Å². The summed E-state index contributed by atoms with van der Waals surface area (Å²) in [6, 6.07) is 5.58. The van der Waals surface area contributed by atoms with Crippen LogP contribution < -0.4 is 4.74 Å². The van der Waals surface area contributed by atoms with Gasteiger partial charge in [0.05, 0.1) is 11.6 Å². The van der Waals surface area contributed by atoms with Gasteiger partial charge in [-0.3, -0.25) is 0 Å². The molecule has 6 heteroatoms. The standard InChI is InChI=1S/C11H11BrN2O3/c1-15-6-10-13-11(14-17-10)7-3-4-9(16-2)8(12)5-7/h3-5H,6H2,1-2H3. The SMILES string of the molecule is COCc1nc(-c2ccc(OC)c(Br)c2)no1. The number of aromatic nitrogens is 2. The molecule has 0 bridgehead atoms. The topological polar surface area (TPSA) is 57.4 Å². The van der Waals surface area contributed by atoms with Crippen LogP contribution >= 0.6 is 15.9 Å². The molecule has 0 spiro atoms. The molecule has 90 valence electrons. The van der Waals surface area contributed by atoms with E-state index in [1.54, 1.807) is 14.2 Å². The van der Waals surface area contributed by atoms with E-state index >= 15 is 0 Å². The maximum absolute atomic E-state index is 5.15. The Kier molecular flexibility index (Phi) is 3.75. The number of ether oxygens (including phenoxy) is 2. The Balaban J connectivity index is 2.29. The molecule has 1 heterocycles. The van der Waals surface area contributed by atoms with Crippen molar-refractivity contribution in [2.75, 3.05) is 14.2 Å². The summed E-state index contributed by atoms with van der Waals surface area (Å²) < 4.78 is 15.9. The van der Waals surface area contributed by atoms with Gasteiger partial charge in [0.25, 0.3) is 5.89 Å². The predicted molar refractivity (Wildman–Crippen MR) is 64.7 cm³/mol. The van der Waals surface area contributed by atoms with Crippen molar-refractivity contribution in [2.24, 2.45) is 0 Å². The Morgan fingerprint density at radius 1 is 1.35 bits per heavy atom. The maximum atomic E-state index is 5.15. The first-order valence-electron chi connectivity index (χ1n) is 4.90. The molecule has 5 nitrogen and oxygen atoms in total. The molecule has 0 amide bonds. The minimum Gasteiger partial charge on any atom is -0.496 e. The van der Waals surface area contributed by atoms with Crippen LogP contribution in [0, 0.1) is 0 Å². The zero-order valence-corrected chi connectivity index (χ0v) is 11.0. The van der Waals surface area contributed by atoms with Crippen molar-refractivity contribution in [1.82, 2.24) is 10.1 Å². The quantitative estimate of drug-likeness (QED) is 0.868. The minimum absolute atomic E-state index is 0.310. The third-order valence-corrected chi connectivity index (χ3v) is 2.77. The Morgan fingerprint density at radius 3 is 2.82 bits per heavy atom. The molecule has 17 heavy (non-hydrogen) atoms. The van der Waals surface area contributed by atoms with Crippen LogP contribution in [-0.2, 0) is 11.3 Å². The molecule has 1 aromatic heterocycles. The number of nitrogens with zero attached hydrogens (tertiary/aromatic N) is 2. The normalized spacial score (nSPS) is 10.5. The van der Waals surface area contributed by atoms with Gasteiger partial charge in [0.2, 0.25) is 5.82 Å². The van der Waals surface area contributed by atoms with Gasteiger partial charge in [0.1, 0.15) is 12.4 Å². The highest BCUT2D eigenvalue weighted by molar-refractivity contribution is 9.10. The molecule has 0 saturated carbocycles. The van der Waals surface area contributed by atoms with Gasteiger partial charge in [-0.25, -0.2) is 0 Å². The van der Waals surface area contributed by atoms with Crippen molar-refractivity contribution in [3.05, 3.63) is 28.6 Å². The van der Waals surface area contributed by atoms with Gasteiger partial charge in [-0.15, -0.1) is 0 Å². The van der Waals surface area contributed by atoms with E-state index in [0.29, 0.717) is 18.3 Å². The molecule has 0 aliphatic heterocycles. The second-order valence-electron chi connectivity index (χ2n) is 3.29. The fourth-order valence-corrected chi connectivity index (χ4v) is 1.90. The first kappa shape index (κ1) is 12.1. The van der Waals surface area contributed by atoms with E-state index in [2.05, 4.69) is 26.1 Å². The summed E-state index contributed by atoms with van der Waals surface area (Å²) in [4.78, 5) is 4.20. The highest BCUT2D eigenvalue weighted by atomic mass is 79.9. The van der Waals surface area contributed by atoms with E-state index in [9.17, 15) is 0 Å². The molecule has 1 aromatic carbocycles. The fourth-order valence-electron chi connectivity index (χ4n) is 1.36. The van der Waals surface area contributed by atoms with E-state index in [1.807, 2.05) is 18.2 Å². The summed E-state index contributed by atoms with van der Waals surface area (Å²) in [6.45, 7) is 0.310. The van der Waals surface area contributed by atoms with Crippen molar-refractivity contribution in [3.63, 3.8) is 0 Å². The van der Waals surface area contributed by atoms with Crippen molar-refractivity contribution >= 4 is 15.9 Å². The van der Waals surface area contributed by atoms with E-state index in [-0.39, 0.29) is 0 Å². The van der Waals surface area contributed by atoms with Crippen molar-refractivity contribution in [2.45, 2.75) is 6.61 Å². The van der Waals surface area contributed by atoms with E-state index in [1.165, 1.54) is 0 Å². The lowest BCUT2D eigenvalue weighted by Gasteiger charge is -2.03. The van der Waals surface area contributed by atoms with Crippen LogP contribution in [0.1, 0.15) is 5.89 Å². The minimum atomic E-state index is 0.310. The zero-order valence-electron chi connectivity index (χ0n) is 9.44. The van der Waals surface area contributed by atoms with E-state index < -0.39 is 0 Å². The molecule has 0 atom stereocenters. The molecule has 0 fully saturated rings. The van der Waals surface area contributed by atoms with Crippen LogP contribution in [0.3, 0.4) is 0 Å². The lowest BCUT2D eigenvalue weighted by molar-refractivity contribution is 0.151. The van der Waals surface area contributed by atoms with E-state index in [4.69, 9.17) is 14.0 Å². The number of benzene rings is 1. The number of halogens is 1. The lowest BCUT2D eigenvalue weighted by atomic mass is 10.2. The van der Waals surface area contributed by atoms with Crippen molar-refractivity contribution in [1.29, 1.82) is 0 Å². The maximum Gasteiger partial charge on any atom is 0.252 e. The highest BCUT2D eigenvalue weighted by Crippen LogP contribution is 2.29. The summed E-state index contributed by atoms with van der Waals surface area (Å²) in [5.74, 6) is 1.74. The Labute approximate surface area is 107 Å². The molecular formula is C11H11BrN2O3. The van der Waals surface area contributed by atoms with Crippen LogP contribution in [0.4, 0.5) is 0 Å². The van der Waals surface area contributed by atoms with Crippen molar-refractivity contribution in [3.8, 4) is 17.1 Å². The smallest absolute Gasteiger partial charge is 0.252 e. The van der Waals surface area contributed by atoms with Crippen LogP contribution in [-0.4, -0.2) is 24.4 Å². The number of hydrogen-bond acceptors (Lipinski definition) is 5. The van der Waals surface area contributed by atoms with Gasteiger partial charge < -0.3 is 14.0 Å². The summed E-state index contributed by atoms with van der Waals surface area (Å²) in [6.07, 6.45) is 0. The van der Waals surface area contributed by atoms with Gasteiger partial charge >= 0.3 is 0 Å². The number of methoxy groups -OCH3 is 2. The molecule has 0 aliphatic carbocycles. The third kappa shape index (κ3) is 2.65. The summed E-state index contributed by atoms with van der Waals surface area (Å²) >= 11 is 3.41. The lowest BCUT2D eigenvalue weighted by Crippen LogP contribution is -1.88. The second kappa shape index (κ2) is 5.29. The van der Waals surface area contributed by atoms with Gasteiger partial charge in [-0.05, 0) is 34.1 Å². The van der Waals surface area contributed by atoms with E-state index in [0.717, 1.165) is 15.8 Å². The second-order valence-corrected chi connectivity index (χ2v) is 4.15. The van der Waals surface area contributed by atoms with Gasteiger partial charge in [-0.1, -0.05) is 5.16 Å². The average Bonchev–Trinajstić information content (AvgIpc) is 2.78. The molecule has 2 aromatic rings. The molecule has 0 aliphatic rings. The predicted octanol–water partition coefficient (Wildman–Crippen LogP) is 2.65. The molecule has 0 N–H and O–H groups in total. The Hall–Kier alpha value is -1.40. The average molecular weight is 299 g/mol. The summed E-state index contributed by atoms with van der Waals surface area (Å²) in [7, 11) is 3.19. The largest absolute Gasteiger partial charge is 0.496 e. The van der Waals surface area contributed by atoms with Crippen LogP contribution in [0.5, 0.6) is 5.75 Å². The monoisotopic (exact) mass is 298 g/mol. The highest BCUT2D eigenvalue weighted by Gasteiger charge is 2.10. The molecule has 0 radical (unpaired) electrons. The van der Waals surface area contributed by atoms with Crippen LogP contribution in [0.2, 0.25) is 0 Å². The van der Waals surface area contributed by atoms with Crippen LogP contribution in [0.25, 0.3) is 11.4 Å². The summed E-state index contributed by atoms with van der Waals surface area (Å²) in [5.41, 5.74) is 0.851. The first-order valence-corrected chi connectivity index (χ1v) is 5.69. The van der Waals surface area contributed by atoms with Gasteiger partial charge in [0, 0.05) is 12.7 Å². The van der Waals surface area contributed by atoms with Crippen LogP contribution in [0.15, 0.2) is 27.2 Å². The fraction of sp³-hybridized carbons (Fsp3) is 0.273. The third-order valence-electron chi connectivity index (χ3n) is 2.15. The first-order chi connectivity index (χ1) is 8.24. The number of rotatable bonds is 4. The Bertz CT molecular complexity index is 513. The molecule has 0 unspecified atom stereocenters. The Morgan fingerprint density at radius 2 is 2.18 bits per heavy atom. The molecular weight excluding hydrogens is 288 g/mol. The molecule has 0 saturated heterocycles.